The van der Waals surface area contributed by atoms with E-state index in [4.69, 9.17) is 9.47 Å². The van der Waals surface area contributed by atoms with Gasteiger partial charge in [0.2, 0.25) is 0 Å². The third-order valence-corrected chi connectivity index (χ3v) is 5.76. The molecule has 6 rings (SSSR count). The minimum Gasteiger partial charge on any atom is -0.508 e. The van der Waals surface area contributed by atoms with E-state index in [0.29, 0.717) is 11.5 Å². The molecular formula is C25H16O4. The summed E-state index contributed by atoms with van der Waals surface area (Å²) in [5.41, 5.74) is 3.10. The van der Waals surface area contributed by atoms with Gasteiger partial charge in [0, 0.05) is 34.4 Å². The molecule has 0 aliphatic carbocycles. The molecule has 0 saturated heterocycles. The molecule has 4 nitrogen and oxygen atoms in total. The van der Waals surface area contributed by atoms with Gasteiger partial charge in [0.05, 0.1) is 5.41 Å². The minimum absolute atomic E-state index is 0.143. The lowest BCUT2D eigenvalue weighted by molar-refractivity contribution is 0.392. The maximum absolute atomic E-state index is 10.1. The van der Waals surface area contributed by atoms with Gasteiger partial charge in [0.25, 0.3) is 0 Å². The van der Waals surface area contributed by atoms with Crippen molar-refractivity contribution in [3.63, 3.8) is 0 Å². The minimum atomic E-state index is -0.699. The Hall–Kier alpha value is -3.92. The van der Waals surface area contributed by atoms with E-state index in [-0.39, 0.29) is 11.5 Å². The molecule has 2 aliphatic rings. The molecule has 2 aliphatic heterocycles. The van der Waals surface area contributed by atoms with Gasteiger partial charge in [-0.15, -0.1) is 0 Å². The second kappa shape index (κ2) is 5.55. The molecular weight excluding hydrogens is 364 g/mol. The zero-order chi connectivity index (χ0) is 19.6. The molecule has 0 aromatic heterocycles. The number of rotatable bonds is 0. The fourth-order valence-corrected chi connectivity index (χ4v) is 4.65. The van der Waals surface area contributed by atoms with Crippen molar-refractivity contribution in [2.24, 2.45) is 0 Å². The molecule has 0 saturated carbocycles. The van der Waals surface area contributed by atoms with Crippen LogP contribution in [-0.2, 0) is 5.41 Å². The van der Waals surface area contributed by atoms with Crippen LogP contribution in [0.15, 0.2) is 84.9 Å². The normalized spacial score (nSPS) is 14.6. The summed E-state index contributed by atoms with van der Waals surface area (Å²) in [6.07, 6.45) is 0. The van der Waals surface area contributed by atoms with Crippen molar-refractivity contribution in [1.82, 2.24) is 0 Å². The van der Waals surface area contributed by atoms with Crippen LogP contribution in [0.2, 0.25) is 0 Å². The fourth-order valence-electron chi connectivity index (χ4n) is 4.65. The van der Waals surface area contributed by atoms with Crippen LogP contribution in [0.4, 0.5) is 0 Å². The average Bonchev–Trinajstić information content (AvgIpc) is 2.73. The molecule has 4 heteroatoms. The maximum Gasteiger partial charge on any atom is 0.135 e. The third-order valence-electron chi connectivity index (χ3n) is 5.76. The molecule has 1 spiro atoms. The summed E-state index contributed by atoms with van der Waals surface area (Å²) in [6.45, 7) is 0. The fraction of sp³-hybridized carbons (Fsp3) is 0.0400. The Kier molecular flexibility index (Phi) is 3.08. The van der Waals surface area contributed by atoms with Crippen molar-refractivity contribution in [2.45, 2.75) is 5.41 Å². The summed E-state index contributed by atoms with van der Waals surface area (Å²) >= 11 is 0. The Bertz CT molecular complexity index is 1190. The van der Waals surface area contributed by atoms with E-state index < -0.39 is 5.41 Å². The van der Waals surface area contributed by atoms with E-state index in [1.165, 1.54) is 0 Å². The van der Waals surface area contributed by atoms with Crippen molar-refractivity contribution >= 4 is 0 Å². The Balaban J connectivity index is 1.83. The van der Waals surface area contributed by atoms with Crippen LogP contribution in [0.25, 0.3) is 0 Å². The molecule has 2 N–H and O–H groups in total. The van der Waals surface area contributed by atoms with Crippen LogP contribution < -0.4 is 9.47 Å². The van der Waals surface area contributed by atoms with Crippen LogP contribution in [0, 0.1) is 0 Å². The van der Waals surface area contributed by atoms with Crippen molar-refractivity contribution in [3.05, 3.63) is 107 Å². The Morgan fingerprint density at radius 3 is 1.38 bits per heavy atom. The van der Waals surface area contributed by atoms with Crippen LogP contribution in [0.3, 0.4) is 0 Å². The number of para-hydroxylation sites is 2. The number of phenols is 2. The highest BCUT2D eigenvalue weighted by Gasteiger charge is 2.50. The summed E-state index contributed by atoms with van der Waals surface area (Å²) in [5.74, 6) is 2.93. The van der Waals surface area contributed by atoms with Gasteiger partial charge in [-0.05, 0) is 24.3 Å². The maximum atomic E-state index is 10.1. The molecule has 4 aromatic carbocycles. The zero-order valence-electron chi connectivity index (χ0n) is 15.3. The predicted molar refractivity (Wildman–Crippen MR) is 108 cm³/mol. The summed E-state index contributed by atoms with van der Waals surface area (Å²) in [5, 5.41) is 20.2. The van der Waals surface area contributed by atoms with Gasteiger partial charge >= 0.3 is 0 Å². The molecule has 0 atom stereocenters. The number of aromatic hydroxyl groups is 2. The van der Waals surface area contributed by atoms with Crippen molar-refractivity contribution in [3.8, 4) is 34.5 Å². The van der Waals surface area contributed by atoms with Crippen molar-refractivity contribution in [1.29, 1.82) is 0 Å². The first-order chi connectivity index (χ1) is 14.2. The number of hydrogen-bond acceptors (Lipinski definition) is 4. The SMILES string of the molecule is Oc1ccc2c(c1)Oc1ccccc1C21c2ccccc2Oc2cc(O)ccc21. The number of phenolic OH excluding ortho intramolecular Hbond substituents is 2. The van der Waals surface area contributed by atoms with E-state index in [2.05, 4.69) is 12.1 Å². The largest absolute Gasteiger partial charge is 0.508 e. The van der Waals surface area contributed by atoms with Crippen LogP contribution in [0.1, 0.15) is 22.3 Å². The molecule has 0 amide bonds. The molecule has 4 aromatic rings. The number of ether oxygens (including phenoxy) is 2. The van der Waals surface area contributed by atoms with Crippen LogP contribution in [-0.4, -0.2) is 10.2 Å². The quantitative estimate of drug-likeness (QED) is 0.355. The highest BCUT2D eigenvalue weighted by molar-refractivity contribution is 5.75. The lowest BCUT2D eigenvalue weighted by atomic mass is 9.62. The highest BCUT2D eigenvalue weighted by Crippen LogP contribution is 2.61. The molecule has 0 radical (unpaired) electrons. The van der Waals surface area contributed by atoms with Gasteiger partial charge in [-0.2, -0.15) is 0 Å². The van der Waals surface area contributed by atoms with E-state index >= 15 is 0 Å². The first-order valence-electron chi connectivity index (χ1n) is 9.39. The number of hydrogen-bond donors (Lipinski definition) is 2. The number of fused-ring (bicyclic) bond motifs is 8. The van der Waals surface area contributed by atoms with E-state index in [1.54, 1.807) is 24.3 Å². The third kappa shape index (κ3) is 2.03. The standard InChI is InChI=1S/C25H16O4/c26-15-9-11-19-23(13-15)28-21-7-3-1-5-17(21)25(19)18-6-2-4-8-22(18)29-24-14-16(27)10-12-20(24)25/h1-14,26-27H. The average molecular weight is 380 g/mol. The Morgan fingerprint density at radius 2 is 0.897 bits per heavy atom. The zero-order valence-corrected chi connectivity index (χ0v) is 15.3. The highest BCUT2D eigenvalue weighted by atomic mass is 16.5. The van der Waals surface area contributed by atoms with Gasteiger partial charge in [-0.25, -0.2) is 0 Å². The number of benzene rings is 4. The Labute approximate surface area is 167 Å². The van der Waals surface area contributed by atoms with E-state index in [0.717, 1.165) is 33.8 Å². The van der Waals surface area contributed by atoms with Gasteiger partial charge in [-0.1, -0.05) is 48.5 Å². The Morgan fingerprint density at radius 1 is 0.483 bits per heavy atom. The van der Waals surface area contributed by atoms with Gasteiger partial charge in [0.1, 0.15) is 34.5 Å². The second-order valence-corrected chi connectivity index (χ2v) is 7.31. The summed E-state index contributed by atoms with van der Waals surface area (Å²) in [4.78, 5) is 0. The van der Waals surface area contributed by atoms with E-state index in [9.17, 15) is 10.2 Å². The smallest absolute Gasteiger partial charge is 0.135 e. The lowest BCUT2D eigenvalue weighted by Gasteiger charge is -2.44. The van der Waals surface area contributed by atoms with Gasteiger partial charge < -0.3 is 19.7 Å². The first kappa shape index (κ1) is 16.1. The summed E-state index contributed by atoms with van der Waals surface area (Å²) < 4.78 is 12.4. The van der Waals surface area contributed by atoms with Crippen molar-refractivity contribution < 1.29 is 19.7 Å². The molecule has 0 fully saturated rings. The molecule has 0 bridgehead atoms. The lowest BCUT2D eigenvalue weighted by Crippen LogP contribution is -2.36. The first-order valence-corrected chi connectivity index (χ1v) is 9.39. The monoisotopic (exact) mass is 380 g/mol. The van der Waals surface area contributed by atoms with Crippen molar-refractivity contribution in [2.75, 3.05) is 0 Å². The van der Waals surface area contributed by atoms with Crippen LogP contribution in [0.5, 0.6) is 34.5 Å². The topological polar surface area (TPSA) is 58.9 Å². The molecule has 2 heterocycles. The predicted octanol–water partition coefficient (Wildman–Crippen LogP) is 5.69. The summed E-state index contributed by atoms with van der Waals surface area (Å²) in [7, 11) is 0. The van der Waals surface area contributed by atoms with E-state index in [1.807, 2.05) is 48.5 Å². The summed E-state index contributed by atoms with van der Waals surface area (Å²) in [6, 6.07) is 26.3. The molecule has 140 valence electrons. The second-order valence-electron chi connectivity index (χ2n) is 7.31. The molecule has 29 heavy (non-hydrogen) atoms. The van der Waals surface area contributed by atoms with Gasteiger partial charge in [-0.3, -0.25) is 0 Å². The van der Waals surface area contributed by atoms with Crippen LogP contribution >= 0.6 is 0 Å². The molecule has 0 unspecified atom stereocenters. The van der Waals surface area contributed by atoms with Gasteiger partial charge in [0.15, 0.2) is 0 Å².